The number of hydrogen-bond donors (Lipinski definition) is 0. The molecule has 6 nitrogen and oxygen atoms in total. The standard InChI is InChI=1S/C22H26N4O2S/c1-14(2)26-10-9-21(25-26)29(27,28)22-13-17(23-24-22)12-20-18-7-3-5-15(18)11-16-6-4-8-19(16)20/h9-11,14H,3-8,12-13H2,1-2H3. The van der Waals surface area contributed by atoms with Crippen molar-refractivity contribution in [2.24, 2.45) is 10.2 Å². The van der Waals surface area contributed by atoms with E-state index in [1.165, 1.54) is 40.7 Å². The fourth-order valence-corrected chi connectivity index (χ4v) is 6.03. The van der Waals surface area contributed by atoms with Crippen LogP contribution in [0.5, 0.6) is 0 Å². The zero-order valence-corrected chi connectivity index (χ0v) is 17.8. The summed E-state index contributed by atoms with van der Waals surface area (Å²) in [6.45, 7) is 3.93. The number of rotatable bonds is 4. The van der Waals surface area contributed by atoms with E-state index in [1.54, 1.807) is 16.9 Å². The van der Waals surface area contributed by atoms with Crippen LogP contribution in [0.2, 0.25) is 0 Å². The van der Waals surface area contributed by atoms with Crippen LogP contribution in [0.15, 0.2) is 33.6 Å². The second kappa shape index (κ2) is 6.90. The average molecular weight is 411 g/mol. The van der Waals surface area contributed by atoms with Crippen LogP contribution in [0.3, 0.4) is 0 Å². The molecule has 2 aromatic rings. The molecule has 1 aromatic heterocycles. The van der Waals surface area contributed by atoms with E-state index in [0.717, 1.165) is 31.4 Å². The average Bonchev–Trinajstić information content (AvgIpc) is 3.46. The summed E-state index contributed by atoms with van der Waals surface area (Å²) in [5.41, 5.74) is 8.21. The summed E-state index contributed by atoms with van der Waals surface area (Å²) >= 11 is 0. The van der Waals surface area contributed by atoms with Crippen LogP contribution in [0.25, 0.3) is 0 Å². The molecular formula is C22H26N4O2S. The van der Waals surface area contributed by atoms with Crippen molar-refractivity contribution in [2.75, 3.05) is 0 Å². The minimum Gasteiger partial charge on any atom is -0.269 e. The number of aryl methyl sites for hydroxylation is 2. The van der Waals surface area contributed by atoms with E-state index in [4.69, 9.17) is 0 Å². The van der Waals surface area contributed by atoms with E-state index in [-0.39, 0.29) is 22.5 Å². The highest BCUT2D eigenvalue weighted by atomic mass is 32.2. The molecule has 0 saturated heterocycles. The monoisotopic (exact) mass is 410 g/mol. The zero-order valence-electron chi connectivity index (χ0n) is 17.0. The fourth-order valence-electron chi connectivity index (χ4n) is 4.84. The third-order valence-electron chi connectivity index (χ3n) is 6.34. The molecule has 0 fully saturated rings. The first kappa shape index (κ1) is 18.7. The predicted molar refractivity (Wildman–Crippen MR) is 113 cm³/mol. The van der Waals surface area contributed by atoms with Gasteiger partial charge in [-0.2, -0.15) is 10.2 Å². The second-order valence-electron chi connectivity index (χ2n) is 8.58. The number of fused-ring (bicyclic) bond motifs is 2. The topological polar surface area (TPSA) is 76.7 Å². The molecule has 2 heterocycles. The third-order valence-corrected chi connectivity index (χ3v) is 7.95. The number of nitrogens with zero attached hydrogens (tertiary/aromatic N) is 4. The molecule has 0 atom stereocenters. The summed E-state index contributed by atoms with van der Waals surface area (Å²) in [7, 11) is -3.70. The molecule has 3 aliphatic rings. The molecule has 7 heteroatoms. The number of aromatic nitrogens is 2. The van der Waals surface area contributed by atoms with Crippen molar-refractivity contribution < 1.29 is 8.42 Å². The van der Waals surface area contributed by atoms with Gasteiger partial charge in [-0.25, -0.2) is 8.42 Å². The smallest absolute Gasteiger partial charge is 0.241 e. The zero-order chi connectivity index (χ0) is 20.2. The van der Waals surface area contributed by atoms with Gasteiger partial charge in [-0.3, -0.25) is 4.68 Å². The molecule has 0 bridgehead atoms. The lowest BCUT2D eigenvalue weighted by Crippen LogP contribution is -2.18. The van der Waals surface area contributed by atoms with Crippen LogP contribution in [0.4, 0.5) is 0 Å². The molecule has 0 saturated carbocycles. The van der Waals surface area contributed by atoms with E-state index in [9.17, 15) is 8.42 Å². The Morgan fingerprint density at radius 1 is 1.03 bits per heavy atom. The van der Waals surface area contributed by atoms with Gasteiger partial charge in [0.25, 0.3) is 0 Å². The van der Waals surface area contributed by atoms with Gasteiger partial charge in [0.05, 0.1) is 5.71 Å². The van der Waals surface area contributed by atoms with E-state index in [0.29, 0.717) is 6.42 Å². The first-order chi connectivity index (χ1) is 13.9. The number of benzene rings is 1. The molecule has 0 N–H and O–H groups in total. The largest absolute Gasteiger partial charge is 0.269 e. The van der Waals surface area contributed by atoms with Crippen molar-refractivity contribution >= 4 is 20.6 Å². The van der Waals surface area contributed by atoms with Gasteiger partial charge in [-0.15, -0.1) is 5.10 Å². The first-order valence-corrected chi connectivity index (χ1v) is 12.0. The van der Waals surface area contributed by atoms with Gasteiger partial charge in [0.1, 0.15) is 0 Å². The van der Waals surface area contributed by atoms with Gasteiger partial charge in [-0.1, -0.05) is 6.07 Å². The molecule has 0 amide bonds. The first-order valence-electron chi connectivity index (χ1n) is 10.5. The van der Waals surface area contributed by atoms with E-state index in [1.807, 2.05) is 13.8 Å². The molecule has 29 heavy (non-hydrogen) atoms. The third kappa shape index (κ3) is 3.16. The molecule has 1 aromatic carbocycles. The van der Waals surface area contributed by atoms with Crippen LogP contribution in [0, 0.1) is 0 Å². The maximum atomic E-state index is 13.0. The Kier molecular flexibility index (Phi) is 4.46. The summed E-state index contributed by atoms with van der Waals surface area (Å²) in [6, 6.07) is 4.08. The van der Waals surface area contributed by atoms with Crippen molar-refractivity contribution in [1.29, 1.82) is 0 Å². The molecular weight excluding hydrogens is 384 g/mol. The second-order valence-corrected chi connectivity index (χ2v) is 10.5. The van der Waals surface area contributed by atoms with Crippen LogP contribution >= 0.6 is 0 Å². The molecule has 152 valence electrons. The summed E-state index contributed by atoms with van der Waals surface area (Å²) < 4.78 is 27.6. The Bertz CT molecular complexity index is 1120. The highest BCUT2D eigenvalue weighted by molar-refractivity contribution is 8.06. The predicted octanol–water partition coefficient (Wildman–Crippen LogP) is 3.62. The molecule has 0 spiro atoms. The van der Waals surface area contributed by atoms with Gasteiger partial charge >= 0.3 is 0 Å². The van der Waals surface area contributed by atoms with E-state index >= 15 is 0 Å². The SMILES string of the molecule is CC(C)n1ccc(S(=O)(=O)C2=NN=C(Cc3c4c(cc5c3CCC5)CCC4)C2)n1. The normalized spacial score (nSPS) is 18.2. The van der Waals surface area contributed by atoms with E-state index < -0.39 is 9.84 Å². The van der Waals surface area contributed by atoms with Crippen LogP contribution in [0.1, 0.15) is 67.0 Å². The van der Waals surface area contributed by atoms with Gasteiger partial charge in [-0.05, 0) is 86.3 Å². The van der Waals surface area contributed by atoms with Crippen molar-refractivity contribution in [3.05, 3.63) is 46.1 Å². The van der Waals surface area contributed by atoms with E-state index in [2.05, 4.69) is 21.4 Å². The summed E-state index contributed by atoms with van der Waals surface area (Å²) in [6.07, 6.45) is 9.72. The van der Waals surface area contributed by atoms with Crippen LogP contribution in [-0.4, -0.2) is 29.0 Å². The maximum Gasteiger partial charge on any atom is 0.241 e. The minimum atomic E-state index is -3.70. The molecule has 1 aliphatic heterocycles. The Hall–Kier alpha value is -2.28. The van der Waals surface area contributed by atoms with Gasteiger partial charge in [0, 0.05) is 25.1 Å². The molecule has 0 unspecified atom stereocenters. The van der Waals surface area contributed by atoms with Gasteiger partial charge in [0.2, 0.25) is 9.84 Å². The lowest BCUT2D eigenvalue weighted by atomic mass is 9.90. The van der Waals surface area contributed by atoms with Crippen molar-refractivity contribution in [3.63, 3.8) is 0 Å². The van der Waals surface area contributed by atoms with Crippen molar-refractivity contribution in [1.82, 2.24) is 9.78 Å². The van der Waals surface area contributed by atoms with Crippen molar-refractivity contribution in [3.8, 4) is 0 Å². The summed E-state index contributed by atoms with van der Waals surface area (Å²) in [5.74, 6) is 0. The highest BCUT2D eigenvalue weighted by Crippen LogP contribution is 2.36. The lowest BCUT2D eigenvalue weighted by Gasteiger charge is -2.15. The molecule has 2 aliphatic carbocycles. The minimum absolute atomic E-state index is 0.0582. The Balaban J connectivity index is 1.38. The highest BCUT2D eigenvalue weighted by Gasteiger charge is 2.31. The van der Waals surface area contributed by atoms with Gasteiger partial charge in [0.15, 0.2) is 10.1 Å². The molecule has 5 rings (SSSR count). The molecule has 0 radical (unpaired) electrons. The number of sulfone groups is 1. The maximum absolute atomic E-state index is 13.0. The summed E-state index contributed by atoms with van der Waals surface area (Å²) in [5, 5.41) is 12.8. The lowest BCUT2D eigenvalue weighted by molar-refractivity contribution is 0.517. The Morgan fingerprint density at radius 2 is 1.72 bits per heavy atom. The van der Waals surface area contributed by atoms with Crippen LogP contribution in [-0.2, 0) is 41.9 Å². The van der Waals surface area contributed by atoms with Crippen molar-refractivity contribution in [2.45, 2.75) is 76.3 Å². The Morgan fingerprint density at radius 3 is 2.34 bits per heavy atom. The quantitative estimate of drug-likeness (QED) is 0.772. The fraction of sp³-hybridized carbons (Fsp3) is 0.500. The van der Waals surface area contributed by atoms with Crippen LogP contribution < -0.4 is 0 Å². The summed E-state index contributed by atoms with van der Waals surface area (Å²) in [4.78, 5) is 0. The number of hydrogen-bond acceptors (Lipinski definition) is 5. The Labute approximate surface area is 171 Å². The van der Waals surface area contributed by atoms with Gasteiger partial charge < -0.3 is 0 Å².